The zero-order valence-corrected chi connectivity index (χ0v) is 14.6. The lowest BCUT2D eigenvalue weighted by atomic mass is 10.1. The number of ether oxygens (including phenoxy) is 2. The van der Waals surface area contributed by atoms with Gasteiger partial charge in [-0.1, -0.05) is 42.3 Å². The Balaban J connectivity index is 2.44. The fraction of sp³-hybridized carbons (Fsp3) is 0.500. The van der Waals surface area contributed by atoms with E-state index in [-0.39, 0.29) is 25.9 Å². The first-order chi connectivity index (χ1) is 11.0. The maximum Gasteiger partial charge on any atom is 0.214 e. The minimum Gasteiger partial charge on any atom is -0.389 e. The molecule has 5 nitrogen and oxygen atoms in total. The van der Waals surface area contributed by atoms with E-state index in [4.69, 9.17) is 32.7 Å². The van der Waals surface area contributed by atoms with E-state index in [0.29, 0.717) is 22.0 Å². The van der Waals surface area contributed by atoms with E-state index in [1.54, 1.807) is 18.2 Å². The van der Waals surface area contributed by atoms with Crippen molar-refractivity contribution < 1.29 is 19.7 Å². The fourth-order valence-electron chi connectivity index (χ4n) is 1.96. The summed E-state index contributed by atoms with van der Waals surface area (Å²) >= 11 is 12.1. The Labute approximate surface area is 146 Å². The molecule has 0 aliphatic rings. The molecule has 0 fully saturated rings. The van der Waals surface area contributed by atoms with E-state index < -0.39 is 12.5 Å². The number of aliphatic hydroxyl groups is 2. The van der Waals surface area contributed by atoms with Crippen LogP contribution >= 0.6 is 23.2 Å². The molecule has 0 spiro atoms. The third kappa shape index (κ3) is 7.18. The molecule has 1 rings (SSSR count). The molecule has 0 heterocycles. The van der Waals surface area contributed by atoms with Gasteiger partial charge in [-0.2, -0.15) is 0 Å². The molecule has 0 radical (unpaired) electrons. The second-order valence-corrected chi connectivity index (χ2v) is 5.75. The summed E-state index contributed by atoms with van der Waals surface area (Å²) < 4.78 is 10.5. The molecule has 0 saturated carbocycles. The van der Waals surface area contributed by atoms with Crippen molar-refractivity contribution in [2.75, 3.05) is 13.2 Å². The van der Waals surface area contributed by atoms with Crippen LogP contribution in [-0.4, -0.2) is 42.0 Å². The van der Waals surface area contributed by atoms with Crippen molar-refractivity contribution in [3.8, 4) is 0 Å². The smallest absolute Gasteiger partial charge is 0.214 e. The van der Waals surface area contributed by atoms with E-state index >= 15 is 0 Å². The highest BCUT2D eigenvalue weighted by Crippen LogP contribution is 2.24. The lowest BCUT2D eigenvalue weighted by molar-refractivity contribution is -0.127. The van der Waals surface area contributed by atoms with Crippen LogP contribution in [0.3, 0.4) is 0 Å². The number of halogens is 2. The Bertz CT molecular complexity index is 467. The molecule has 23 heavy (non-hydrogen) atoms. The Morgan fingerprint density at radius 3 is 2.52 bits per heavy atom. The third-order valence-electron chi connectivity index (χ3n) is 3.23. The number of aliphatic hydroxyl groups excluding tert-OH is 2. The molecule has 0 aliphatic carbocycles. The van der Waals surface area contributed by atoms with Gasteiger partial charge in [-0.05, 0) is 18.6 Å². The highest BCUT2D eigenvalue weighted by molar-refractivity contribution is 6.35. The summed E-state index contributed by atoms with van der Waals surface area (Å²) in [5.41, 5.74) is 0.679. The average molecular weight is 364 g/mol. The standard InChI is InChI=1S/C16H23Cl2NO4/c1-3-8-23-16(21)19-14(4-2)15(20)10-22-9-11-12(17)6-5-7-13(11)18/h3,5-7,14-16,19-21H,1,4,8-10H2,2H3/t14-,15+,16+/m0/s1. The molecule has 7 heteroatoms. The SMILES string of the molecule is C=CCO[C@@H](O)N[C@@H](CC)[C@H](O)COCc1c(Cl)cccc1Cl. The van der Waals surface area contributed by atoms with Gasteiger partial charge in [0.1, 0.15) is 0 Å². The van der Waals surface area contributed by atoms with Gasteiger partial charge in [0.05, 0.1) is 25.9 Å². The van der Waals surface area contributed by atoms with Crippen LogP contribution in [0, 0.1) is 0 Å². The van der Waals surface area contributed by atoms with Gasteiger partial charge < -0.3 is 19.7 Å². The van der Waals surface area contributed by atoms with Crippen molar-refractivity contribution >= 4 is 23.2 Å². The van der Waals surface area contributed by atoms with Crippen LogP contribution in [0.5, 0.6) is 0 Å². The fourth-order valence-corrected chi connectivity index (χ4v) is 2.47. The summed E-state index contributed by atoms with van der Waals surface area (Å²) in [7, 11) is 0. The quantitative estimate of drug-likeness (QED) is 0.416. The number of nitrogens with one attached hydrogen (secondary N) is 1. The van der Waals surface area contributed by atoms with E-state index in [1.807, 2.05) is 6.92 Å². The average Bonchev–Trinajstić information content (AvgIpc) is 2.53. The van der Waals surface area contributed by atoms with Gasteiger partial charge in [-0.15, -0.1) is 6.58 Å². The van der Waals surface area contributed by atoms with Crippen molar-refractivity contribution in [1.82, 2.24) is 5.32 Å². The summed E-state index contributed by atoms with van der Waals surface area (Å²) in [5.74, 6) is 0. The Morgan fingerprint density at radius 1 is 1.30 bits per heavy atom. The van der Waals surface area contributed by atoms with Gasteiger partial charge in [0.2, 0.25) is 6.41 Å². The second-order valence-electron chi connectivity index (χ2n) is 4.94. The van der Waals surface area contributed by atoms with Crippen LogP contribution in [0.2, 0.25) is 10.0 Å². The molecule has 3 atom stereocenters. The van der Waals surface area contributed by atoms with Gasteiger partial charge in [0, 0.05) is 21.7 Å². The molecular formula is C16H23Cl2NO4. The monoisotopic (exact) mass is 363 g/mol. The van der Waals surface area contributed by atoms with Crippen molar-refractivity contribution in [2.24, 2.45) is 0 Å². The van der Waals surface area contributed by atoms with Crippen LogP contribution in [0.15, 0.2) is 30.9 Å². The number of benzene rings is 1. The van der Waals surface area contributed by atoms with Crippen LogP contribution in [-0.2, 0) is 16.1 Å². The molecule has 130 valence electrons. The molecule has 3 N–H and O–H groups in total. The van der Waals surface area contributed by atoms with Crippen LogP contribution in [0.25, 0.3) is 0 Å². The highest BCUT2D eigenvalue weighted by atomic mass is 35.5. The molecule has 0 amide bonds. The first kappa shape index (κ1) is 20.4. The van der Waals surface area contributed by atoms with Crippen LogP contribution in [0.4, 0.5) is 0 Å². The van der Waals surface area contributed by atoms with Crippen LogP contribution < -0.4 is 5.32 Å². The number of rotatable bonds is 11. The number of hydrogen-bond donors (Lipinski definition) is 3. The molecule has 0 bridgehead atoms. The summed E-state index contributed by atoms with van der Waals surface area (Å²) in [5, 5.41) is 23.6. The lowest BCUT2D eigenvalue weighted by Gasteiger charge is -2.25. The zero-order chi connectivity index (χ0) is 17.2. The molecule has 0 saturated heterocycles. The highest BCUT2D eigenvalue weighted by Gasteiger charge is 2.20. The van der Waals surface area contributed by atoms with Gasteiger partial charge in [-0.3, -0.25) is 5.32 Å². The maximum absolute atomic E-state index is 10.2. The topological polar surface area (TPSA) is 71.0 Å². The van der Waals surface area contributed by atoms with E-state index in [2.05, 4.69) is 11.9 Å². The largest absolute Gasteiger partial charge is 0.389 e. The molecule has 0 unspecified atom stereocenters. The first-order valence-electron chi connectivity index (χ1n) is 7.34. The summed E-state index contributed by atoms with van der Waals surface area (Å²) in [6.45, 7) is 5.85. The minimum atomic E-state index is -1.18. The predicted molar refractivity (Wildman–Crippen MR) is 91.5 cm³/mol. The van der Waals surface area contributed by atoms with Crippen molar-refractivity contribution in [1.29, 1.82) is 0 Å². The molecule has 0 aliphatic heterocycles. The first-order valence-corrected chi connectivity index (χ1v) is 8.10. The van der Waals surface area contributed by atoms with Crippen LogP contribution in [0.1, 0.15) is 18.9 Å². The van der Waals surface area contributed by atoms with Gasteiger partial charge >= 0.3 is 0 Å². The Morgan fingerprint density at radius 2 is 1.96 bits per heavy atom. The summed E-state index contributed by atoms with van der Waals surface area (Å²) in [4.78, 5) is 0. The summed E-state index contributed by atoms with van der Waals surface area (Å²) in [6, 6.07) is 4.83. The molecule has 0 aromatic heterocycles. The maximum atomic E-state index is 10.2. The van der Waals surface area contributed by atoms with E-state index in [0.717, 1.165) is 0 Å². The predicted octanol–water partition coefficient (Wildman–Crippen LogP) is 2.72. The normalized spacial score (nSPS) is 15.2. The van der Waals surface area contributed by atoms with Gasteiger partial charge in [0.15, 0.2) is 0 Å². The number of hydrogen-bond acceptors (Lipinski definition) is 5. The van der Waals surface area contributed by atoms with Crippen molar-refractivity contribution in [2.45, 2.75) is 38.5 Å². The summed E-state index contributed by atoms with van der Waals surface area (Å²) in [6.07, 6.45) is 0.124. The molecular weight excluding hydrogens is 341 g/mol. The molecule has 1 aromatic carbocycles. The van der Waals surface area contributed by atoms with Crippen molar-refractivity contribution in [3.63, 3.8) is 0 Å². The second kappa shape index (κ2) is 11.0. The lowest BCUT2D eigenvalue weighted by Crippen LogP contribution is -2.47. The van der Waals surface area contributed by atoms with Gasteiger partial charge in [-0.25, -0.2) is 0 Å². The Hall–Kier alpha value is -0.660. The van der Waals surface area contributed by atoms with E-state index in [1.165, 1.54) is 6.08 Å². The van der Waals surface area contributed by atoms with Crippen molar-refractivity contribution in [3.05, 3.63) is 46.5 Å². The van der Waals surface area contributed by atoms with Gasteiger partial charge in [0.25, 0.3) is 0 Å². The third-order valence-corrected chi connectivity index (χ3v) is 3.94. The minimum absolute atomic E-state index is 0.0707. The molecule has 1 aromatic rings. The Kier molecular flexibility index (Phi) is 9.74. The van der Waals surface area contributed by atoms with E-state index in [9.17, 15) is 10.2 Å². The zero-order valence-electron chi connectivity index (χ0n) is 13.0.